The van der Waals surface area contributed by atoms with Crippen LogP contribution >= 0.6 is 11.8 Å². The van der Waals surface area contributed by atoms with E-state index in [4.69, 9.17) is 4.74 Å². The molecule has 1 aliphatic rings. The first-order valence-corrected chi connectivity index (χ1v) is 10.9. The van der Waals surface area contributed by atoms with Crippen LogP contribution in [-0.2, 0) is 12.3 Å². The Morgan fingerprint density at radius 2 is 1.73 bits per heavy atom. The summed E-state index contributed by atoms with van der Waals surface area (Å²) in [4.78, 5) is 21.3. The molecule has 4 rings (SSSR count). The normalized spacial score (nSPS) is 14.6. The second kappa shape index (κ2) is 9.77. The molecular weight excluding hydrogens is 398 g/mol. The highest BCUT2D eigenvalue weighted by atomic mass is 32.2. The highest BCUT2D eigenvalue weighted by molar-refractivity contribution is 7.98. The van der Waals surface area contributed by atoms with Crippen molar-refractivity contribution in [1.29, 1.82) is 0 Å². The fraction of sp³-hybridized carbons (Fsp3) is 0.318. The molecule has 156 valence electrons. The molecule has 30 heavy (non-hydrogen) atoms. The van der Waals surface area contributed by atoms with Gasteiger partial charge in [0.25, 0.3) is 5.91 Å². The van der Waals surface area contributed by atoms with Gasteiger partial charge in [0.05, 0.1) is 7.11 Å². The second-order valence-electron chi connectivity index (χ2n) is 7.19. The number of nitrogens with zero attached hydrogens (tertiary/aromatic N) is 4. The van der Waals surface area contributed by atoms with Crippen molar-refractivity contribution in [2.45, 2.75) is 17.5 Å². The van der Waals surface area contributed by atoms with E-state index in [0.717, 1.165) is 60.5 Å². The van der Waals surface area contributed by atoms with Crippen molar-refractivity contribution >= 4 is 17.7 Å². The Morgan fingerprint density at radius 1 is 1.03 bits per heavy atom. The van der Waals surface area contributed by atoms with Gasteiger partial charge in [0.1, 0.15) is 12.1 Å². The van der Waals surface area contributed by atoms with Crippen LogP contribution in [0.15, 0.2) is 60.0 Å². The van der Waals surface area contributed by atoms with E-state index in [1.165, 1.54) is 11.9 Å². The SMILES string of the molecule is COc1ccc(CN2CCN(C(=O)c3ccc(CSc4ncn[nH]4)cc3)CC2)cc1. The van der Waals surface area contributed by atoms with Gasteiger partial charge in [-0.15, -0.1) is 0 Å². The molecule has 0 spiro atoms. The van der Waals surface area contributed by atoms with Crippen molar-refractivity contribution in [2.75, 3.05) is 33.3 Å². The molecule has 1 aliphatic heterocycles. The Kier molecular flexibility index (Phi) is 6.66. The number of amides is 1. The standard InChI is InChI=1S/C22H25N5O2S/c1-29-20-8-4-17(5-9-20)14-26-10-12-27(13-11-26)21(28)19-6-2-18(3-7-19)15-30-22-23-16-24-25-22/h2-9,16H,10-15H2,1H3,(H,23,24,25). The topological polar surface area (TPSA) is 74.3 Å². The second-order valence-corrected chi connectivity index (χ2v) is 8.16. The van der Waals surface area contributed by atoms with Gasteiger partial charge in [-0.05, 0) is 35.4 Å². The Hall–Kier alpha value is -2.84. The maximum absolute atomic E-state index is 12.9. The molecule has 1 N–H and O–H groups in total. The quantitative estimate of drug-likeness (QED) is 0.589. The predicted molar refractivity (Wildman–Crippen MR) is 117 cm³/mol. The van der Waals surface area contributed by atoms with E-state index in [1.807, 2.05) is 41.3 Å². The first-order valence-electron chi connectivity index (χ1n) is 9.93. The highest BCUT2D eigenvalue weighted by Gasteiger charge is 2.22. The van der Waals surface area contributed by atoms with E-state index >= 15 is 0 Å². The lowest BCUT2D eigenvalue weighted by molar-refractivity contribution is 0.0628. The molecular formula is C22H25N5O2S. The third-order valence-electron chi connectivity index (χ3n) is 5.19. The summed E-state index contributed by atoms with van der Waals surface area (Å²) in [5.41, 5.74) is 3.15. The van der Waals surface area contributed by atoms with Crippen LogP contribution in [0, 0.1) is 0 Å². The molecule has 1 aromatic heterocycles. The lowest BCUT2D eigenvalue weighted by Crippen LogP contribution is -2.48. The smallest absolute Gasteiger partial charge is 0.253 e. The van der Waals surface area contributed by atoms with Gasteiger partial charge in [0.15, 0.2) is 5.16 Å². The number of benzene rings is 2. The summed E-state index contributed by atoms with van der Waals surface area (Å²) in [6.07, 6.45) is 1.50. The molecule has 2 aromatic carbocycles. The molecule has 2 heterocycles. The summed E-state index contributed by atoms with van der Waals surface area (Å²) in [6.45, 7) is 4.15. The van der Waals surface area contributed by atoms with Crippen molar-refractivity contribution in [2.24, 2.45) is 0 Å². The first-order chi connectivity index (χ1) is 14.7. The number of hydrogen-bond donors (Lipinski definition) is 1. The largest absolute Gasteiger partial charge is 0.497 e. The number of piperazine rings is 1. The molecule has 0 radical (unpaired) electrons. The van der Waals surface area contributed by atoms with Crippen LogP contribution < -0.4 is 4.74 Å². The monoisotopic (exact) mass is 423 g/mol. The lowest BCUT2D eigenvalue weighted by Gasteiger charge is -2.34. The molecule has 7 nitrogen and oxygen atoms in total. The van der Waals surface area contributed by atoms with Gasteiger partial charge in [-0.1, -0.05) is 36.0 Å². The summed E-state index contributed by atoms with van der Waals surface area (Å²) in [7, 11) is 1.68. The summed E-state index contributed by atoms with van der Waals surface area (Å²) >= 11 is 1.59. The fourth-order valence-electron chi connectivity index (χ4n) is 3.44. The van der Waals surface area contributed by atoms with E-state index in [2.05, 4.69) is 32.2 Å². The number of H-pyrrole nitrogens is 1. The molecule has 1 fully saturated rings. The number of thioether (sulfide) groups is 1. The van der Waals surface area contributed by atoms with Gasteiger partial charge in [-0.2, -0.15) is 5.10 Å². The average Bonchev–Trinajstić information content (AvgIpc) is 3.32. The average molecular weight is 424 g/mol. The number of ether oxygens (including phenoxy) is 1. The van der Waals surface area contributed by atoms with Gasteiger partial charge in [-0.3, -0.25) is 14.8 Å². The zero-order valence-corrected chi connectivity index (χ0v) is 17.8. The van der Waals surface area contributed by atoms with Crippen LogP contribution in [-0.4, -0.2) is 64.2 Å². The fourth-order valence-corrected chi connectivity index (χ4v) is 4.17. The molecule has 0 aliphatic carbocycles. The number of nitrogens with one attached hydrogen (secondary N) is 1. The van der Waals surface area contributed by atoms with Crippen molar-refractivity contribution < 1.29 is 9.53 Å². The Morgan fingerprint density at radius 3 is 2.37 bits per heavy atom. The van der Waals surface area contributed by atoms with Crippen molar-refractivity contribution in [1.82, 2.24) is 25.0 Å². The van der Waals surface area contributed by atoms with Crippen molar-refractivity contribution in [3.05, 3.63) is 71.5 Å². The lowest BCUT2D eigenvalue weighted by atomic mass is 10.1. The van der Waals surface area contributed by atoms with Crippen molar-refractivity contribution in [3.8, 4) is 5.75 Å². The summed E-state index contributed by atoms with van der Waals surface area (Å²) in [5.74, 6) is 1.76. The third-order valence-corrected chi connectivity index (χ3v) is 6.14. The van der Waals surface area contributed by atoms with Gasteiger partial charge in [0.2, 0.25) is 0 Å². The van der Waals surface area contributed by atoms with Crippen LogP contribution in [0.1, 0.15) is 21.5 Å². The molecule has 8 heteroatoms. The molecule has 1 amide bonds. The van der Waals surface area contributed by atoms with Crippen LogP contribution in [0.25, 0.3) is 0 Å². The number of carbonyl (C=O) groups excluding carboxylic acids is 1. The minimum Gasteiger partial charge on any atom is -0.497 e. The minimum atomic E-state index is 0.105. The number of methoxy groups -OCH3 is 1. The zero-order chi connectivity index (χ0) is 20.8. The molecule has 0 bridgehead atoms. The van der Waals surface area contributed by atoms with Crippen LogP contribution in [0.5, 0.6) is 5.75 Å². The van der Waals surface area contributed by atoms with E-state index < -0.39 is 0 Å². The van der Waals surface area contributed by atoms with Crippen LogP contribution in [0.4, 0.5) is 0 Å². The number of hydrogen-bond acceptors (Lipinski definition) is 6. The van der Waals surface area contributed by atoms with E-state index in [-0.39, 0.29) is 5.91 Å². The predicted octanol–water partition coefficient (Wildman–Crippen LogP) is 3.06. The molecule has 0 saturated carbocycles. The molecule has 1 saturated heterocycles. The Labute approximate surface area is 180 Å². The van der Waals surface area contributed by atoms with E-state index in [1.54, 1.807) is 18.9 Å². The number of aromatic amines is 1. The van der Waals surface area contributed by atoms with Gasteiger partial charge in [-0.25, -0.2) is 4.98 Å². The Bertz CT molecular complexity index is 937. The minimum absolute atomic E-state index is 0.105. The number of carbonyl (C=O) groups is 1. The van der Waals surface area contributed by atoms with Gasteiger partial charge >= 0.3 is 0 Å². The van der Waals surface area contributed by atoms with E-state index in [0.29, 0.717) is 0 Å². The van der Waals surface area contributed by atoms with Crippen LogP contribution in [0.3, 0.4) is 0 Å². The maximum Gasteiger partial charge on any atom is 0.253 e. The number of rotatable bonds is 7. The van der Waals surface area contributed by atoms with Gasteiger partial charge < -0.3 is 9.64 Å². The molecule has 3 aromatic rings. The summed E-state index contributed by atoms with van der Waals surface area (Å²) in [6, 6.07) is 16.0. The zero-order valence-electron chi connectivity index (χ0n) is 17.0. The summed E-state index contributed by atoms with van der Waals surface area (Å²) < 4.78 is 5.21. The van der Waals surface area contributed by atoms with Crippen molar-refractivity contribution in [3.63, 3.8) is 0 Å². The highest BCUT2D eigenvalue weighted by Crippen LogP contribution is 2.19. The first kappa shape index (κ1) is 20.4. The maximum atomic E-state index is 12.9. The van der Waals surface area contributed by atoms with Crippen LogP contribution in [0.2, 0.25) is 0 Å². The molecule has 0 atom stereocenters. The molecule has 0 unspecified atom stereocenters. The van der Waals surface area contributed by atoms with E-state index in [9.17, 15) is 4.79 Å². The number of aromatic nitrogens is 3. The third kappa shape index (κ3) is 5.20. The van der Waals surface area contributed by atoms with Gasteiger partial charge in [0, 0.05) is 44.0 Å². The summed E-state index contributed by atoms with van der Waals surface area (Å²) in [5, 5.41) is 7.47. The Balaban J connectivity index is 1.26.